The molecule has 2 nitrogen and oxygen atoms in total. The van der Waals surface area contributed by atoms with Crippen LogP contribution in [0.1, 0.15) is 31.7 Å². The van der Waals surface area contributed by atoms with Crippen molar-refractivity contribution >= 4 is 11.8 Å². The molecule has 0 fully saturated rings. The van der Waals surface area contributed by atoms with Crippen LogP contribution in [0.5, 0.6) is 0 Å². The van der Waals surface area contributed by atoms with E-state index in [-0.39, 0.29) is 11.9 Å². The van der Waals surface area contributed by atoms with Crippen LogP contribution < -0.4 is 0 Å². The molecule has 0 aliphatic carbocycles. The van der Waals surface area contributed by atoms with Crippen LogP contribution in [0.15, 0.2) is 30.3 Å². The molecule has 0 radical (unpaired) electrons. The van der Waals surface area contributed by atoms with Crippen LogP contribution in [0, 0.1) is 0 Å². The molecule has 0 heterocycles. The molecule has 0 unspecified atom stereocenters. The van der Waals surface area contributed by atoms with Crippen LogP contribution in [-0.2, 0) is 5.75 Å². The highest BCUT2D eigenvalue weighted by Crippen LogP contribution is 2.25. The second-order valence-electron chi connectivity index (χ2n) is 4.20. The molecule has 0 aliphatic heterocycles. The fourth-order valence-corrected chi connectivity index (χ4v) is 3.13. The molecule has 17 heavy (non-hydrogen) atoms. The largest absolute Gasteiger partial charge is 0.396 e. The third-order valence-electron chi connectivity index (χ3n) is 2.73. The summed E-state index contributed by atoms with van der Waals surface area (Å²) >= 11 is 1.79. The molecule has 2 N–H and O–H groups in total. The topological polar surface area (TPSA) is 40.5 Å². The Bertz CT molecular complexity index is 290. The predicted molar refractivity (Wildman–Crippen MR) is 74.1 cm³/mol. The summed E-state index contributed by atoms with van der Waals surface area (Å²) in [6.07, 6.45) is 2.15. The molecule has 2 atom stereocenters. The van der Waals surface area contributed by atoms with Crippen LogP contribution in [0.25, 0.3) is 0 Å². The first kappa shape index (κ1) is 14.6. The molecular weight excluding hydrogens is 232 g/mol. The van der Waals surface area contributed by atoms with Gasteiger partial charge in [-0.2, -0.15) is 11.8 Å². The van der Waals surface area contributed by atoms with Crippen molar-refractivity contribution in [1.29, 1.82) is 0 Å². The van der Waals surface area contributed by atoms with Crippen LogP contribution in [0.3, 0.4) is 0 Å². The van der Waals surface area contributed by atoms with Gasteiger partial charge in [0.15, 0.2) is 0 Å². The molecule has 0 aliphatic rings. The van der Waals surface area contributed by atoms with Gasteiger partial charge in [0, 0.05) is 17.6 Å². The normalized spacial score (nSPS) is 14.5. The number of aliphatic hydroxyl groups excluding tert-OH is 2. The fourth-order valence-electron chi connectivity index (χ4n) is 1.77. The van der Waals surface area contributed by atoms with Gasteiger partial charge in [0.2, 0.25) is 0 Å². The molecule has 96 valence electrons. The summed E-state index contributed by atoms with van der Waals surface area (Å²) < 4.78 is 0. The molecular formula is C14H22O2S. The van der Waals surface area contributed by atoms with Gasteiger partial charge in [0.1, 0.15) is 0 Å². The van der Waals surface area contributed by atoms with Gasteiger partial charge in [-0.05, 0) is 18.4 Å². The van der Waals surface area contributed by atoms with Gasteiger partial charge in [-0.15, -0.1) is 0 Å². The molecule has 0 bridgehead atoms. The Balaban J connectivity index is 2.43. The van der Waals surface area contributed by atoms with E-state index in [0.29, 0.717) is 6.42 Å². The van der Waals surface area contributed by atoms with Crippen molar-refractivity contribution in [2.45, 2.75) is 43.3 Å². The van der Waals surface area contributed by atoms with E-state index in [4.69, 9.17) is 5.11 Å². The highest BCUT2D eigenvalue weighted by Gasteiger charge is 2.18. The Labute approximate surface area is 108 Å². The van der Waals surface area contributed by atoms with Crippen molar-refractivity contribution in [2.24, 2.45) is 0 Å². The minimum absolute atomic E-state index is 0.0628. The quantitative estimate of drug-likeness (QED) is 0.749. The van der Waals surface area contributed by atoms with Gasteiger partial charge in [-0.25, -0.2) is 0 Å². The van der Waals surface area contributed by atoms with Crippen molar-refractivity contribution in [3.8, 4) is 0 Å². The number of rotatable bonds is 8. The van der Waals surface area contributed by atoms with Crippen molar-refractivity contribution in [3.63, 3.8) is 0 Å². The van der Waals surface area contributed by atoms with Crippen LogP contribution in [0.4, 0.5) is 0 Å². The Morgan fingerprint density at radius 3 is 2.47 bits per heavy atom. The first-order valence-corrected chi connectivity index (χ1v) is 7.27. The second kappa shape index (κ2) is 8.56. The molecule has 1 aromatic carbocycles. The lowest BCUT2D eigenvalue weighted by molar-refractivity contribution is 0.128. The van der Waals surface area contributed by atoms with Gasteiger partial charge >= 0.3 is 0 Å². The summed E-state index contributed by atoms with van der Waals surface area (Å²) in [4.78, 5) is 0. The minimum Gasteiger partial charge on any atom is -0.396 e. The monoisotopic (exact) mass is 254 g/mol. The molecule has 0 saturated heterocycles. The first-order chi connectivity index (χ1) is 8.27. The van der Waals surface area contributed by atoms with E-state index in [1.165, 1.54) is 5.56 Å². The summed E-state index contributed by atoms with van der Waals surface area (Å²) in [5, 5.41) is 19.0. The predicted octanol–water partition coefficient (Wildman–Crippen LogP) is 2.83. The summed E-state index contributed by atoms with van der Waals surface area (Å²) in [6.45, 7) is 2.19. The van der Waals surface area contributed by atoms with E-state index in [9.17, 15) is 5.11 Å². The summed E-state index contributed by atoms with van der Waals surface area (Å²) in [6, 6.07) is 10.3. The number of thioether (sulfide) groups is 1. The first-order valence-electron chi connectivity index (χ1n) is 6.22. The molecule has 0 spiro atoms. The number of hydrogen-bond donors (Lipinski definition) is 2. The zero-order valence-corrected chi connectivity index (χ0v) is 11.2. The Morgan fingerprint density at radius 2 is 1.88 bits per heavy atom. The standard InChI is InChI=1S/C14H22O2S/c1-2-6-14(13(16)9-10-15)17-11-12-7-4-3-5-8-12/h3-5,7-8,13-16H,2,6,9-11H2,1H3/t13-,14+/m1/s1. The van der Waals surface area contributed by atoms with E-state index in [1.807, 2.05) is 18.2 Å². The third kappa shape index (κ3) is 5.57. The summed E-state index contributed by atoms with van der Waals surface area (Å²) in [5.41, 5.74) is 1.29. The van der Waals surface area contributed by atoms with E-state index >= 15 is 0 Å². The molecule has 1 aromatic rings. The average molecular weight is 254 g/mol. The van der Waals surface area contributed by atoms with E-state index in [1.54, 1.807) is 11.8 Å². The number of benzene rings is 1. The number of hydrogen-bond acceptors (Lipinski definition) is 3. The Morgan fingerprint density at radius 1 is 1.18 bits per heavy atom. The SMILES string of the molecule is CCC[C@H](SCc1ccccc1)[C@H](O)CCO. The van der Waals surface area contributed by atoms with Gasteiger partial charge < -0.3 is 10.2 Å². The maximum Gasteiger partial charge on any atom is 0.0680 e. The van der Waals surface area contributed by atoms with E-state index in [0.717, 1.165) is 18.6 Å². The molecule has 0 saturated carbocycles. The number of aliphatic hydroxyl groups is 2. The second-order valence-corrected chi connectivity index (χ2v) is 5.43. The minimum atomic E-state index is -0.395. The van der Waals surface area contributed by atoms with Crippen LogP contribution in [0.2, 0.25) is 0 Å². The molecule has 0 amide bonds. The zero-order valence-electron chi connectivity index (χ0n) is 10.4. The smallest absolute Gasteiger partial charge is 0.0680 e. The van der Waals surface area contributed by atoms with Crippen molar-refractivity contribution in [2.75, 3.05) is 6.61 Å². The van der Waals surface area contributed by atoms with E-state index < -0.39 is 6.10 Å². The Kier molecular flexibility index (Phi) is 7.33. The molecule has 3 heteroatoms. The highest BCUT2D eigenvalue weighted by molar-refractivity contribution is 7.99. The highest BCUT2D eigenvalue weighted by atomic mass is 32.2. The van der Waals surface area contributed by atoms with Crippen molar-refractivity contribution < 1.29 is 10.2 Å². The molecule has 1 rings (SSSR count). The van der Waals surface area contributed by atoms with Crippen LogP contribution >= 0.6 is 11.8 Å². The maximum atomic E-state index is 9.94. The summed E-state index contributed by atoms with van der Waals surface area (Å²) in [7, 11) is 0. The van der Waals surface area contributed by atoms with Gasteiger partial charge in [-0.3, -0.25) is 0 Å². The lowest BCUT2D eigenvalue weighted by Crippen LogP contribution is -2.24. The average Bonchev–Trinajstić information content (AvgIpc) is 2.36. The van der Waals surface area contributed by atoms with Gasteiger partial charge in [-0.1, -0.05) is 43.7 Å². The lowest BCUT2D eigenvalue weighted by atomic mass is 10.1. The maximum absolute atomic E-state index is 9.94. The van der Waals surface area contributed by atoms with Crippen molar-refractivity contribution in [1.82, 2.24) is 0 Å². The van der Waals surface area contributed by atoms with Gasteiger partial charge in [0.25, 0.3) is 0 Å². The molecule has 0 aromatic heterocycles. The zero-order chi connectivity index (χ0) is 12.5. The third-order valence-corrected chi connectivity index (χ3v) is 4.21. The van der Waals surface area contributed by atoms with E-state index in [2.05, 4.69) is 19.1 Å². The van der Waals surface area contributed by atoms with Crippen molar-refractivity contribution in [3.05, 3.63) is 35.9 Å². The van der Waals surface area contributed by atoms with Gasteiger partial charge in [0.05, 0.1) is 6.10 Å². The summed E-state index contributed by atoms with van der Waals surface area (Å²) in [5.74, 6) is 0.925. The van der Waals surface area contributed by atoms with Crippen LogP contribution in [-0.4, -0.2) is 28.2 Å². The Hall–Kier alpha value is -0.510. The lowest BCUT2D eigenvalue weighted by Gasteiger charge is -2.21. The fraction of sp³-hybridized carbons (Fsp3) is 0.571.